The largest absolute Gasteiger partial charge is 0.481 e. The highest BCUT2D eigenvalue weighted by Gasteiger charge is 2.37. The molecule has 2 aliphatic rings. The predicted molar refractivity (Wildman–Crippen MR) is 101 cm³/mol. The SMILES string of the molecule is O=C(O)[C@@H]1CC=CC[C@@H]1C(=O)N1CCN(C/C=C\c2ccccc2)CC1. The number of carboxylic acid groups (broad SMARTS) is 1. The fourth-order valence-corrected chi connectivity index (χ4v) is 3.65. The Morgan fingerprint density at radius 2 is 1.65 bits per heavy atom. The van der Waals surface area contributed by atoms with Gasteiger partial charge in [-0.15, -0.1) is 0 Å². The van der Waals surface area contributed by atoms with Gasteiger partial charge in [0.25, 0.3) is 0 Å². The van der Waals surface area contributed by atoms with Gasteiger partial charge in [-0.3, -0.25) is 14.5 Å². The third kappa shape index (κ3) is 4.61. The van der Waals surface area contributed by atoms with Crippen LogP contribution in [0.5, 0.6) is 0 Å². The third-order valence-corrected chi connectivity index (χ3v) is 5.22. The molecule has 1 fully saturated rings. The van der Waals surface area contributed by atoms with Crippen LogP contribution in [0.4, 0.5) is 0 Å². The zero-order chi connectivity index (χ0) is 18.4. The van der Waals surface area contributed by atoms with Crippen LogP contribution in [-0.2, 0) is 9.59 Å². The van der Waals surface area contributed by atoms with Gasteiger partial charge in [-0.1, -0.05) is 54.6 Å². The Bertz CT molecular complexity index is 676. The maximum atomic E-state index is 12.8. The first-order chi connectivity index (χ1) is 12.6. The van der Waals surface area contributed by atoms with E-state index in [-0.39, 0.29) is 5.91 Å². The number of piperazine rings is 1. The van der Waals surface area contributed by atoms with Crippen molar-refractivity contribution in [1.29, 1.82) is 0 Å². The topological polar surface area (TPSA) is 60.9 Å². The fraction of sp³-hybridized carbons (Fsp3) is 0.429. The van der Waals surface area contributed by atoms with Crippen LogP contribution >= 0.6 is 0 Å². The molecule has 1 aromatic carbocycles. The number of carbonyl (C=O) groups is 2. The van der Waals surface area contributed by atoms with Crippen LogP contribution in [0.2, 0.25) is 0 Å². The summed E-state index contributed by atoms with van der Waals surface area (Å²) in [6.45, 7) is 3.85. The van der Waals surface area contributed by atoms with Gasteiger partial charge < -0.3 is 10.0 Å². The minimum absolute atomic E-state index is 0.00114. The van der Waals surface area contributed by atoms with Crippen LogP contribution in [-0.4, -0.2) is 59.5 Å². The molecule has 5 heteroatoms. The second-order valence-corrected chi connectivity index (χ2v) is 6.93. The summed E-state index contributed by atoms with van der Waals surface area (Å²) in [6, 6.07) is 10.2. The van der Waals surface area contributed by atoms with E-state index in [1.54, 1.807) is 0 Å². The third-order valence-electron chi connectivity index (χ3n) is 5.22. The van der Waals surface area contributed by atoms with Gasteiger partial charge in [-0.05, 0) is 18.4 Å². The molecule has 0 unspecified atom stereocenters. The van der Waals surface area contributed by atoms with Crippen molar-refractivity contribution in [2.75, 3.05) is 32.7 Å². The lowest BCUT2D eigenvalue weighted by Gasteiger charge is -2.37. The second kappa shape index (κ2) is 8.81. The van der Waals surface area contributed by atoms with E-state index in [2.05, 4.69) is 29.2 Å². The summed E-state index contributed by atoms with van der Waals surface area (Å²) < 4.78 is 0. The van der Waals surface area contributed by atoms with E-state index in [9.17, 15) is 14.7 Å². The Balaban J connectivity index is 1.48. The number of allylic oxidation sites excluding steroid dienone is 2. The summed E-state index contributed by atoms with van der Waals surface area (Å²) in [5.74, 6) is -1.86. The number of carboxylic acids is 1. The van der Waals surface area contributed by atoms with Crippen molar-refractivity contribution in [3.05, 3.63) is 54.1 Å². The van der Waals surface area contributed by atoms with Crippen molar-refractivity contribution >= 4 is 18.0 Å². The van der Waals surface area contributed by atoms with Gasteiger partial charge in [-0.25, -0.2) is 0 Å². The lowest BCUT2D eigenvalue weighted by atomic mass is 9.82. The Kier molecular flexibility index (Phi) is 6.23. The average Bonchev–Trinajstić information content (AvgIpc) is 2.69. The summed E-state index contributed by atoms with van der Waals surface area (Å²) in [4.78, 5) is 28.4. The highest BCUT2D eigenvalue weighted by molar-refractivity contribution is 5.85. The Morgan fingerprint density at radius 3 is 2.31 bits per heavy atom. The van der Waals surface area contributed by atoms with Gasteiger partial charge in [0.15, 0.2) is 0 Å². The lowest BCUT2D eigenvalue weighted by Crippen LogP contribution is -2.51. The van der Waals surface area contributed by atoms with E-state index < -0.39 is 17.8 Å². The van der Waals surface area contributed by atoms with E-state index in [0.717, 1.165) is 19.6 Å². The van der Waals surface area contributed by atoms with Gasteiger partial charge in [0.1, 0.15) is 0 Å². The number of amides is 1. The molecule has 1 N–H and O–H groups in total. The van der Waals surface area contributed by atoms with Crippen LogP contribution in [0.25, 0.3) is 6.08 Å². The van der Waals surface area contributed by atoms with Crippen molar-refractivity contribution < 1.29 is 14.7 Å². The molecule has 0 aromatic heterocycles. The minimum Gasteiger partial charge on any atom is -0.481 e. The van der Waals surface area contributed by atoms with Crippen molar-refractivity contribution in [3.63, 3.8) is 0 Å². The van der Waals surface area contributed by atoms with E-state index in [1.807, 2.05) is 35.3 Å². The molecule has 1 aliphatic heterocycles. The molecule has 1 aromatic rings. The zero-order valence-electron chi connectivity index (χ0n) is 15.0. The molecule has 0 saturated carbocycles. The molecule has 0 spiro atoms. The second-order valence-electron chi connectivity index (χ2n) is 6.93. The number of rotatable bonds is 5. The maximum absolute atomic E-state index is 12.8. The van der Waals surface area contributed by atoms with Crippen LogP contribution in [0.1, 0.15) is 18.4 Å². The number of hydrogen-bond acceptors (Lipinski definition) is 3. The minimum atomic E-state index is -0.864. The van der Waals surface area contributed by atoms with Gasteiger partial charge in [-0.2, -0.15) is 0 Å². The molecule has 0 bridgehead atoms. The van der Waals surface area contributed by atoms with Crippen LogP contribution in [0.15, 0.2) is 48.6 Å². The quantitative estimate of drug-likeness (QED) is 0.826. The monoisotopic (exact) mass is 354 g/mol. The number of aliphatic carboxylic acids is 1. The summed E-state index contributed by atoms with van der Waals surface area (Å²) in [7, 11) is 0. The molecule has 138 valence electrons. The first-order valence-electron chi connectivity index (χ1n) is 9.25. The normalized spacial score (nSPS) is 24.1. The van der Waals surface area contributed by atoms with Crippen LogP contribution in [0, 0.1) is 11.8 Å². The number of nitrogens with zero attached hydrogens (tertiary/aromatic N) is 2. The van der Waals surface area contributed by atoms with Crippen molar-refractivity contribution in [2.24, 2.45) is 11.8 Å². The molecule has 2 atom stereocenters. The molecular formula is C21H26N2O3. The first-order valence-corrected chi connectivity index (χ1v) is 9.25. The molecule has 5 nitrogen and oxygen atoms in total. The molecule has 3 rings (SSSR count). The highest BCUT2D eigenvalue weighted by Crippen LogP contribution is 2.28. The summed E-state index contributed by atoms with van der Waals surface area (Å²) in [6.07, 6.45) is 9.07. The van der Waals surface area contributed by atoms with E-state index in [0.29, 0.717) is 25.9 Å². The predicted octanol–water partition coefficient (Wildman–Crippen LogP) is 2.51. The molecule has 1 aliphatic carbocycles. The first kappa shape index (κ1) is 18.4. The average molecular weight is 354 g/mol. The maximum Gasteiger partial charge on any atom is 0.307 e. The number of hydrogen-bond donors (Lipinski definition) is 1. The Labute approximate surface area is 154 Å². The van der Waals surface area contributed by atoms with Gasteiger partial charge >= 0.3 is 5.97 Å². The number of benzene rings is 1. The zero-order valence-corrected chi connectivity index (χ0v) is 15.0. The van der Waals surface area contributed by atoms with E-state index in [4.69, 9.17) is 0 Å². The summed E-state index contributed by atoms with van der Waals surface area (Å²) in [5.41, 5.74) is 1.19. The highest BCUT2D eigenvalue weighted by atomic mass is 16.4. The van der Waals surface area contributed by atoms with E-state index >= 15 is 0 Å². The summed E-state index contributed by atoms with van der Waals surface area (Å²) >= 11 is 0. The van der Waals surface area contributed by atoms with Crippen molar-refractivity contribution in [3.8, 4) is 0 Å². The molecule has 1 amide bonds. The van der Waals surface area contributed by atoms with E-state index in [1.165, 1.54) is 5.56 Å². The lowest BCUT2D eigenvalue weighted by molar-refractivity contribution is -0.151. The van der Waals surface area contributed by atoms with Crippen molar-refractivity contribution in [2.45, 2.75) is 12.8 Å². The Morgan fingerprint density at radius 1 is 1.00 bits per heavy atom. The molecular weight excluding hydrogens is 328 g/mol. The molecule has 0 radical (unpaired) electrons. The van der Waals surface area contributed by atoms with Gasteiger partial charge in [0.2, 0.25) is 5.91 Å². The van der Waals surface area contributed by atoms with Gasteiger partial charge in [0.05, 0.1) is 11.8 Å². The van der Waals surface area contributed by atoms with Crippen LogP contribution in [0.3, 0.4) is 0 Å². The van der Waals surface area contributed by atoms with Crippen molar-refractivity contribution in [1.82, 2.24) is 9.80 Å². The van der Waals surface area contributed by atoms with Crippen LogP contribution < -0.4 is 0 Å². The smallest absolute Gasteiger partial charge is 0.307 e. The van der Waals surface area contributed by atoms with Gasteiger partial charge in [0, 0.05) is 32.7 Å². The number of carbonyl (C=O) groups excluding carboxylic acids is 1. The fourth-order valence-electron chi connectivity index (χ4n) is 3.65. The Hall–Kier alpha value is -2.40. The standard InChI is InChI=1S/C21H26N2O3/c24-20(18-10-4-5-11-19(18)21(25)26)23-15-13-22(14-16-23)12-6-9-17-7-2-1-3-8-17/h1-9,18-19H,10-16H2,(H,25,26)/b9-6-/t18-,19+/m0/s1. The molecule has 1 heterocycles. The summed E-state index contributed by atoms with van der Waals surface area (Å²) in [5, 5.41) is 9.37. The molecule has 1 saturated heterocycles. The molecule has 26 heavy (non-hydrogen) atoms.